The molecule has 0 radical (unpaired) electrons. The Morgan fingerprint density at radius 1 is 1.30 bits per heavy atom. The van der Waals surface area contributed by atoms with Crippen LogP contribution < -0.4 is 20.1 Å². The van der Waals surface area contributed by atoms with Gasteiger partial charge in [0.1, 0.15) is 12.4 Å². The van der Waals surface area contributed by atoms with Gasteiger partial charge in [-0.25, -0.2) is 4.39 Å². The third-order valence-electron chi connectivity index (χ3n) is 7.18. The van der Waals surface area contributed by atoms with Crippen LogP contribution in [0.2, 0.25) is 0 Å². The first kappa shape index (κ1) is 25.1. The normalized spacial score (nSPS) is 17.4. The van der Waals surface area contributed by atoms with Crippen LogP contribution in [0.15, 0.2) is 36.7 Å². The van der Waals surface area contributed by atoms with E-state index in [1.807, 2.05) is 6.07 Å². The van der Waals surface area contributed by atoms with Gasteiger partial charge in [0.05, 0.1) is 35.9 Å². The lowest BCUT2D eigenvalue weighted by Crippen LogP contribution is -2.34. The Hall–Kier alpha value is -3.59. The lowest BCUT2D eigenvalue weighted by atomic mass is 10.0. The maximum atomic E-state index is 14.5. The molecule has 2 aliphatic rings. The monoisotopic (exact) mass is 507 g/mol. The largest absolute Gasteiger partial charge is 0.492 e. The molecule has 1 amide bonds. The second-order valence-electron chi connectivity index (χ2n) is 9.55. The van der Waals surface area contributed by atoms with Crippen LogP contribution in [0.1, 0.15) is 48.7 Å². The van der Waals surface area contributed by atoms with Crippen molar-refractivity contribution in [2.45, 2.75) is 45.1 Å². The number of halogens is 1. The van der Waals surface area contributed by atoms with E-state index in [0.29, 0.717) is 54.0 Å². The number of aromatic amines is 1. The second-order valence-corrected chi connectivity index (χ2v) is 9.55. The van der Waals surface area contributed by atoms with Crippen LogP contribution in [-0.2, 0) is 6.42 Å². The topological polar surface area (TPSA) is 91.5 Å². The van der Waals surface area contributed by atoms with Crippen LogP contribution in [0.25, 0.3) is 11.3 Å². The van der Waals surface area contributed by atoms with E-state index in [-0.39, 0.29) is 11.7 Å². The van der Waals surface area contributed by atoms with Gasteiger partial charge in [0, 0.05) is 36.5 Å². The highest BCUT2D eigenvalue weighted by Crippen LogP contribution is 2.42. The van der Waals surface area contributed by atoms with Crippen molar-refractivity contribution in [3.05, 3.63) is 53.7 Å². The predicted molar refractivity (Wildman–Crippen MR) is 141 cm³/mol. The first-order valence-corrected chi connectivity index (χ1v) is 13.0. The number of nitrogens with zero attached hydrogens (tertiary/aromatic N) is 2. The number of anilines is 2. The summed E-state index contributed by atoms with van der Waals surface area (Å²) in [5, 5.41) is 6.20. The molecule has 0 bridgehead atoms. The zero-order valence-electron chi connectivity index (χ0n) is 21.4. The lowest BCUT2D eigenvalue weighted by molar-refractivity contribution is 0.0947. The van der Waals surface area contributed by atoms with Gasteiger partial charge in [0.15, 0.2) is 11.6 Å². The molecule has 1 fully saturated rings. The van der Waals surface area contributed by atoms with Gasteiger partial charge in [-0.2, -0.15) is 0 Å². The highest BCUT2D eigenvalue weighted by atomic mass is 19.1. The van der Waals surface area contributed by atoms with E-state index in [4.69, 9.17) is 9.47 Å². The zero-order chi connectivity index (χ0) is 25.8. The number of ether oxygens (including phenoxy) is 2. The molecule has 2 aliphatic heterocycles. The number of methoxy groups -OCH3 is 1. The van der Waals surface area contributed by atoms with Gasteiger partial charge in [0.25, 0.3) is 5.91 Å². The van der Waals surface area contributed by atoms with Crippen molar-refractivity contribution in [2.75, 3.05) is 38.7 Å². The second kappa shape index (κ2) is 11.2. The fraction of sp³-hybridized carbons (Fsp3) is 0.429. The van der Waals surface area contributed by atoms with E-state index in [2.05, 4.69) is 32.4 Å². The fourth-order valence-electron chi connectivity index (χ4n) is 5.28. The number of hydrogen-bond donors (Lipinski definition) is 3. The molecule has 1 atom stereocenters. The van der Waals surface area contributed by atoms with Crippen molar-refractivity contribution in [1.29, 1.82) is 0 Å². The Balaban J connectivity index is 1.50. The lowest BCUT2D eigenvalue weighted by Gasteiger charge is -2.24. The number of benzene rings is 1. The number of aromatic nitrogens is 2. The van der Waals surface area contributed by atoms with Crippen molar-refractivity contribution >= 4 is 17.3 Å². The van der Waals surface area contributed by atoms with E-state index in [0.717, 1.165) is 30.8 Å². The van der Waals surface area contributed by atoms with Crippen LogP contribution in [0.4, 0.5) is 15.8 Å². The molecule has 8 nitrogen and oxygen atoms in total. The van der Waals surface area contributed by atoms with Crippen LogP contribution in [0.5, 0.6) is 11.5 Å². The van der Waals surface area contributed by atoms with Crippen molar-refractivity contribution < 1.29 is 18.7 Å². The smallest absolute Gasteiger partial charge is 0.255 e. The number of amides is 1. The van der Waals surface area contributed by atoms with Crippen molar-refractivity contribution in [1.82, 2.24) is 20.2 Å². The number of hydrogen-bond acceptors (Lipinski definition) is 6. The number of carbonyl (C=O) groups is 1. The van der Waals surface area contributed by atoms with E-state index in [9.17, 15) is 9.18 Å². The van der Waals surface area contributed by atoms with E-state index < -0.39 is 5.82 Å². The number of pyridine rings is 1. The summed E-state index contributed by atoms with van der Waals surface area (Å²) in [6.45, 7) is 5.53. The molecule has 3 aromatic rings. The molecule has 0 spiro atoms. The van der Waals surface area contributed by atoms with Gasteiger partial charge in [-0.05, 0) is 50.6 Å². The molecule has 0 unspecified atom stereocenters. The van der Waals surface area contributed by atoms with Crippen molar-refractivity contribution in [3.8, 4) is 22.8 Å². The SMILES string of the molecule is CCCCN1CCC[C@@H]1COc1cnccc1-c1[nH]c2c(c1Nc1cccc(F)c1OC)C(=O)NCC2. The molecule has 196 valence electrons. The maximum Gasteiger partial charge on any atom is 0.255 e. The highest BCUT2D eigenvalue weighted by Gasteiger charge is 2.30. The number of H-pyrrole nitrogens is 1. The average Bonchev–Trinajstić information content (AvgIpc) is 3.51. The van der Waals surface area contributed by atoms with Crippen LogP contribution in [0, 0.1) is 5.82 Å². The molecule has 0 saturated carbocycles. The van der Waals surface area contributed by atoms with E-state index in [1.54, 1.807) is 24.5 Å². The Morgan fingerprint density at radius 2 is 2.19 bits per heavy atom. The number of carbonyl (C=O) groups excluding carboxylic acids is 1. The Morgan fingerprint density at radius 3 is 3.03 bits per heavy atom. The number of fused-ring (bicyclic) bond motifs is 1. The van der Waals surface area contributed by atoms with Crippen molar-refractivity contribution in [2.24, 2.45) is 0 Å². The third kappa shape index (κ3) is 5.13. The first-order valence-electron chi connectivity index (χ1n) is 13.0. The Labute approximate surface area is 216 Å². The van der Waals surface area contributed by atoms with E-state index in [1.165, 1.54) is 32.4 Å². The summed E-state index contributed by atoms with van der Waals surface area (Å²) in [7, 11) is 1.42. The molecule has 37 heavy (non-hydrogen) atoms. The molecule has 1 saturated heterocycles. The van der Waals surface area contributed by atoms with Crippen LogP contribution in [-0.4, -0.2) is 60.2 Å². The van der Waals surface area contributed by atoms with E-state index >= 15 is 0 Å². The summed E-state index contributed by atoms with van der Waals surface area (Å²) in [4.78, 5) is 23.2. The number of para-hydroxylation sites is 1. The van der Waals surface area contributed by atoms with Gasteiger partial charge in [-0.1, -0.05) is 19.4 Å². The van der Waals surface area contributed by atoms with Gasteiger partial charge < -0.3 is 25.1 Å². The molecule has 1 aromatic carbocycles. The molecule has 3 N–H and O–H groups in total. The third-order valence-corrected chi connectivity index (χ3v) is 7.18. The molecule has 2 aromatic heterocycles. The number of rotatable bonds is 10. The highest BCUT2D eigenvalue weighted by molar-refractivity contribution is 6.06. The van der Waals surface area contributed by atoms with Gasteiger partial charge in [-0.3, -0.25) is 14.7 Å². The zero-order valence-corrected chi connectivity index (χ0v) is 21.4. The van der Waals surface area contributed by atoms with Gasteiger partial charge in [0.2, 0.25) is 0 Å². The molecular weight excluding hydrogens is 473 g/mol. The molecule has 0 aliphatic carbocycles. The Bertz CT molecular complexity index is 1260. The summed E-state index contributed by atoms with van der Waals surface area (Å²) in [5.41, 5.74) is 3.79. The predicted octanol–water partition coefficient (Wildman–Crippen LogP) is 4.90. The minimum absolute atomic E-state index is 0.0826. The number of unbranched alkanes of at least 4 members (excludes halogenated alkanes) is 1. The summed E-state index contributed by atoms with van der Waals surface area (Å²) in [5.74, 6) is 0.0491. The van der Waals surface area contributed by atoms with Crippen LogP contribution >= 0.6 is 0 Å². The summed E-state index contributed by atoms with van der Waals surface area (Å²) in [6.07, 6.45) is 8.73. The Kier molecular flexibility index (Phi) is 7.60. The number of nitrogens with one attached hydrogen (secondary N) is 3. The van der Waals surface area contributed by atoms with Crippen LogP contribution in [0.3, 0.4) is 0 Å². The molecule has 9 heteroatoms. The molecular formula is C28H34FN5O3. The van der Waals surface area contributed by atoms with Gasteiger partial charge >= 0.3 is 0 Å². The summed E-state index contributed by atoms with van der Waals surface area (Å²) < 4.78 is 26.1. The van der Waals surface area contributed by atoms with Crippen molar-refractivity contribution in [3.63, 3.8) is 0 Å². The quantitative estimate of drug-likeness (QED) is 0.362. The average molecular weight is 508 g/mol. The number of likely N-dealkylation sites (tertiary alicyclic amines) is 1. The minimum Gasteiger partial charge on any atom is -0.492 e. The maximum absolute atomic E-state index is 14.5. The summed E-state index contributed by atoms with van der Waals surface area (Å²) >= 11 is 0. The summed E-state index contributed by atoms with van der Waals surface area (Å²) in [6, 6.07) is 6.91. The fourth-order valence-corrected chi connectivity index (χ4v) is 5.28. The minimum atomic E-state index is -0.486. The standard InChI is InChI=1S/C28H34FN5O3/c1-3-4-14-34-15-6-7-18(34)17-37-23-16-30-12-10-19(23)25-26(24-21(32-25)11-13-31-28(24)35)33-22-9-5-8-20(29)27(22)36-2/h5,8-10,12,16,18,32-33H,3-4,6-7,11,13-15,17H2,1-2H3,(H,31,35)/t18-/m1/s1. The first-order chi connectivity index (χ1) is 18.1. The molecule has 4 heterocycles. The molecule has 5 rings (SSSR count). The van der Waals surface area contributed by atoms with Gasteiger partial charge in [-0.15, -0.1) is 0 Å².